The summed E-state index contributed by atoms with van der Waals surface area (Å²) in [4.78, 5) is 26.6. The quantitative estimate of drug-likeness (QED) is 0.334. The molecule has 200 valence electrons. The molecule has 8 nitrogen and oxygen atoms in total. The largest absolute Gasteiger partial charge is 0.447 e. The molecule has 0 unspecified atom stereocenters. The van der Waals surface area contributed by atoms with Gasteiger partial charge in [-0.1, -0.05) is 66.6 Å². The summed E-state index contributed by atoms with van der Waals surface area (Å²) in [6, 6.07) is 14.7. The van der Waals surface area contributed by atoms with Crippen molar-refractivity contribution in [1.82, 2.24) is 10.1 Å². The summed E-state index contributed by atoms with van der Waals surface area (Å²) < 4.78 is 24.3. The van der Waals surface area contributed by atoms with Crippen molar-refractivity contribution in [2.75, 3.05) is 19.0 Å². The second-order valence-electron chi connectivity index (χ2n) is 9.05. The molecule has 0 aliphatic carbocycles. The number of benzene rings is 2. The maximum absolute atomic E-state index is 13.7. The fraction of sp³-hybridized carbons (Fsp3) is 0.370. The average Bonchev–Trinajstić information content (AvgIpc) is 3.30. The molecule has 1 heterocycles. The number of carbonyl (C=O) groups is 2. The number of aromatic nitrogens is 1. The number of carbonyl (C=O) groups excluding carboxylic acids is 2. The van der Waals surface area contributed by atoms with Crippen LogP contribution in [0.25, 0.3) is 11.3 Å². The number of aliphatic hydroxyl groups is 1. The first-order valence-corrected chi connectivity index (χ1v) is 11.8. The van der Waals surface area contributed by atoms with Crippen LogP contribution >= 0.6 is 11.6 Å². The molecule has 2 amide bonds. The van der Waals surface area contributed by atoms with Crippen LogP contribution in [0.5, 0.6) is 0 Å². The number of halogens is 2. The Bertz CT molecular complexity index is 1180. The summed E-state index contributed by atoms with van der Waals surface area (Å²) in [6.45, 7) is 3.04. The first-order valence-electron chi connectivity index (χ1n) is 11.4. The zero-order valence-electron chi connectivity index (χ0n) is 20.3. The van der Waals surface area contributed by atoms with Crippen LogP contribution in [0.4, 0.5) is 15.0 Å². The molecule has 0 aliphatic rings. The fourth-order valence-corrected chi connectivity index (χ4v) is 3.85. The third-order valence-corrected chi connectivity index (χ3v) is 5.94. The highest BCUT2D eigenvalue weighted by atomic mass is 35.5. The van der Waals surface area contributed by atoms with Crippen molar-refractivity contribution < 1.29 is 28.3 Å². The van der Waals surface area contributed by atoms with E-state index in [0.29, 0.717) is 11.3 Å². The van der Waals surface area contributed by atoms with Gasteiger partial charge in [0.15, 0.2) is 11.6 Å². The van der Waals surface area contributed by atoms with E-state index < -0.39 is 23.6 Å². The Balaban J connectivity index is 0.00000481. The van der Waals surface area contributed by atoms with Crippen molar-refractivity contribution in [3.63, 3.8) is 0 Å². The lowest BCUT2D eigenvalue weighted by atomic mass is 9.98. The van der Waals surface area contributed by atoms with Gasteiger partial charge in [0.05, 0.1) is 16.7 Å². The van der Waals surface area contributed by atoms with Crippen LogP contribution < -0.4 is 5.32 Å². The number of nitrogens with zero attached hydrogens (tertiary/aromatic N) is 2. The summed E-state index contributed by atoms with van der Waals surface area (Å²) in [5.41, 5.74) is 0.202. The van der Waals surface area contributed by atoms with Crippen molar-refractivity contribution in [2.45, 2.75) is 52.2 Å². The molecular formula is C27H33ClFN3O5. The van der Waals surface area contributed by atoms with Crippen LogP contribution in [0.1, 0.15) is 39.7 Å². The summed E-state index contributed by atoms with van der Waals surface area (Å²) >= 11 is 5.98. The molecule has 2 N–H and O–H groups in total. The molecule has 2 aromatic carbocycles. The minimum atomic E-state index is -1.12. The SMILES string of the molecule is C.CN(C(=O)CCc1cccc(F)c1Cl)[C@H](COC(=O)Nc1cc(-c2ccccc2)on1)CC(C)(C)O. The van der Waals surface area contributed by atoms with E-state index in [0.717, 1.165) is 5.56 Å². The minimum absolute atomic E-state index is 0. The van der Waals surface area contributed by atoms with Gasteiger partial charge < -0.3 is 19.3 Å². The number of aryl methyl sites for hydroxylation is 1. The third-order valence-electron chi connectivity index (χ3n) is 5.52. The molecular weight excluding hydrogens is 501 g/mol. The number of likely N-dealkylation sites (N-methyl/N-ethyl adjacent to an activating group) is 1. The Hall–Kier alpha value is -3.43. The number of ether oxygens (including phenoxy) is 1. The number of hydrogen-bond donors (Lipinski definition) is 2. The minimum Gasteiger partial charge on any atom is -0.447 e. The molecule has 0 spiro atoms. The molecule has 1 aromatic heterocycles. The standard InChI is InChI=1S/C26H29ClFN3O5.CH4/c1-26(2,34)15-19(31(3)23(32)13-12-18-10-7-11-20(28)24(18)27)16-35-25(33)29-22-14-21(36-30-22)17-8-5-4-6-9-17;/h4-11,14,19,34H,12-13,15-16H2,1-3H3,(H,29,30,33);1H4/t19-;/m0./s1. The molecule has 10 heteroatoms. The lowest BCUT2D eigenvalue weighted by Gasteiger charge is -2.32. The predicted octanol–water partition coefficient (Wildman–Crippen LogP) is 5.94. The van der Waals surface area contributed by atoms with E-state index in [9.17, 15) is 19.1 Å². The molecule has 3 rings (SSSR count). The van der Waals surface area contributed by atoms with E-state index in [2.05, 4.69) is 10.5 Å². The summed E-state index contributed by atoms with van der Waals surface area (Å²) in [6.07, 6.45) is -0.316. The van der Waals surface area contributed by atoms with Gasteiger partial charge in [-0.3, -0.25) is 10.1 Å². The highest BCUT2D eigenvalue weighted by Gasteiger charge is 2.28. The normalized spacial score (nSPS) is 11.8. The molecule has 0 radical (unpaired) electrons. The number of anilines is 1. The summed E-state index contributed by atoms with van der Waals surface area (Å²) in [5.74, 6) is -0.154. The van der Waals surface area contributed by atoms with E-state index in [1.165, 1.54) is 17.0 Å². The zero-order valence-corrected chi connectivity index (χ0v) is 21.1. The lowest BCUT2D eigenvalue weighted by molar-refractivity contribution is -0.134. The molecule has 0 bridgehead atoms. The number of hydrogen-bond acceptors (Lipinski definition) is 6. The van der Waals surface area contributed by atoms with Crippen LogP contribution in [0, 0.1) is 5.82 Å². The van der Waals surface area contributed by atoms with Gasteiger partial charge in [-0.05, 0) is 38.3 Å². The smallest absolute Gasteiger partial charge is 0.412 e. The topological polar surface area (TPSA) is 105 Å². The average molecular weight is 534 g/mol. The summed E-state index contributed by atoms with van der Waals surface area (Å²) in [7, 11) is 1.57. The number of amides is 2. The Morgan fingerprint density at radius 2 is 1.92 bits per heavy atom. The van der Waals surface area contributed by atoms with E-state index in [4.69, 9.17) is 20.9 Å². The van der Waals surface area contributed by atoms with Crippen LogP contribution in [0.3, 0.4) is 0 Å². The Morgan fingerprint density at radius 1 is 1.22 bits per heavy atom. The first-order chi connectivity index (χ1) is 17.0. The Morgan fingerprint density at radius 3 is 2.59 bits per heavy atom. The molecule has 0 saturated carbocycles. The monoisotopic (exact) mass is 533 g/mol. The Labute approximate surface area is 221 Å². The highest BCUT2D eigenvalue weighted by Crippen LogP contribution is 2.23. The zero-order chi connectivity index (χ0) is 26.3. The molecule has 3 aromatic rings. The van der Waals surface area contributed by atoms with Crippen molar-refractivity contribution >= 4 is 29.4 Å². The van der Waals surface area contributed by atoms with Gasteiger partial charge in [0.2, 0.25) is 5.91 Å². The predicted molar refractivity (Wildman–Crippen MR) is 141 cm³/mol. The van der Waals surface area contributed by atoms with Gasteiger partial charge in [-0.25, -0.2) is 9.18 Å². The van der Waals surface area contributed by atoms with Crippen molar-refractivity contribution in [3.05, 3.63) is 71.0 Å². The fourth-order valence-electron chi connectivity index (χ4n) is 3.63. The second kappa shape index (κ2) is 13.2. The molecule has 37 heavy (non-hydrogen) atoms. The van der Waals surface area contributed by atoms with Crippen LogP contribution in [-0.2, 0) is 16.0 Å². The maximum Gasteiger partial charge on any atom is 0.412 e. The number of nitrogens with one attached hydrogen (secondary N) is 1. The maximum atomic E-state index is 13.7. The molecule has 0 fully saturated rings. The first kappa shape index (κ1) is 29.8. The van der Waals surface area contributed by atoms with Gasteiger partial charge in [0.25, 0.3) is 0 Å². The van der Waals surface area contributed by atoms with Crippen LogP contribution in [0.2, 0.25) is 5.02 Å². The number of rotatable bonds is 10. The van der Waals surface area contributed by atoms with E-state index in [1.54, 1.807) is 33.0 Å². The van der Waals surface area contributed by atoms with E-state index in [1.807, 2.05) is 30.3 Å². The summed E-state index contributed by atoms with van der Waals surface area (Å²) in [5, 5.41) is 16.6. The second-order valence-corrected chi connectivity index (χ2v) is 9.43. The van der Waals surface area contributed by atoms with Gasteiger partial charge in [0, 0.05) is 25.1 Å². The van der Waals surface area contributed by atoms with Gasteiger partial charge in [-0.2, -0.15) is 0 Å². The molecule has 0 aliphatic heterocycles. The van der Waals surface area contributed by atoms with Gasteiger partial charge in [0.1, 0.15) is 12.4 Å². The van der Waals surface area contributed by atoms with Gasteiger partial charge >= 0.3 is 6.09 Å². The van der Waals surface area contributed by atoms with Gasteiger partial charge in [-0.15, -0.1) is 0 Å². The highest BCUT2D eigenvalue weighted by molar-refractivity contribution is 6.31. The van der Waals surface area contributed by atoms with Crippen molar-refractivity contribution in [3.8, 4) is 11.3 Å². The van der Waals surface area contributed by atoms with Crippen LogP contribution in [0.15, 0.2) is 59.1 Å². The Kier molecular flexibility index (Phi) is 10.6. The van der Waals surface area contributed by atoms with Crippen molar-refractivity contribution in [1.29, 1.82) is 0 Å². The molecule has 0 saturated heterocycles. The van der Waals surface area contributed by atoms with Crippen LogP contribution in [-0.4, -0.2) is 52.5 Å². The lowest BCUT2D eigenvalue weighted by Crippen LogP contribution is -2.45. The van der Waals surface area contributed by atoms with Crippen molar-refractivity contribution in [2.24, 2.45) is 0 Å². The molecule has 1 atom stereocenters. The van der Waals surface area contributed by atoms with E-state index >= 15 is 0 Å². The van der Waals surface area contributed by atoms with E-state index in [-0.39, 0.29) is 50.0 Å². The third kappa shape index (κ3) is 8.87.